The van der Waals surface area contributed by atoms with Crippen LogP contribution in [0, 0.1) is 12.7 Å². The van der Waals surface area contributed by atoms with Gasteiger partial charge in [-0.05, 0) is 69.0 Å². The minimum absolute atomic E-state index is 0.103. The number of nitrogens with one attached hydrogen (secondary N) is 1. The highest BCUT2D eigenvalue weighted by Crippen LogP contribution is 2.28. The minimum Gasteiger partial charge on any atom is -0.382 e. The summed E-state index contributed by atoms with van der Waals surface area (Å²) in [5.74, 6) is -0.374. The van der Waals surface area contributed by atoms with Crippen LogP contribution >= 0.6 is 0 Å². The number of anilines is 1. The van der Waals surface area contributed by atoms with Crippen molar-refractivity contribution in [3.05, 3.63) is 59.9 Å². The number of nitrogens with zero attached hydrogens (tertiary/aromatic N) is 2. The molecule has 2 fully saturated rings. The zero-order chi connectivity index (χ0) is 22.0. The number of rotatable bonds is 5. The second kappa shape index (κ2) is 8.96. The van der Waals surface area contributed by atoms with E-state index >= 15 is 0 Å². The first-order valence-electron chi connectivity index (χ1n) is 10.7. The molecule has 2 aromatic rings. The van der Waals surface area contributed by atoms with E-state index in [2.05, 4.69) is 5.32 Å². The lowest BCUT2D eigenvalue weighted by molar-refractivity contribution is -0.135. The number of piperidine rings is 1. The molecular formula is C23H28FN3O3S. The molecule has 1 atom stereocenters. The van der Waals surface area contributed by atoms with E-state index < -0.39 is 16.1 Å². The van der Waals surface area contributed by atoms with Gasteiger partial charge in [0.15, 0.2) is 0 Å². The molecular weight excluding hydrogens is 417 g/mol. The first-order chi connectivity index (χ1) is 14.8. The summed E-state index contributed by atoms with van der Waals surface area (Å²) in [5.41, 5.74) is 1.85. The molecule has 31 heavy (non-hydrogen) atoms. The van der Waals surface area contributed by atoms with Crippen molar-refractivity contribution in [2.45, 2.75) is 49.6 Å². The Kier molecular flexibility index (Phi) is 6.29. The molecule has 6 nitrogen and oxygen atoms in total. The summed E-state index contributed by atoms with van der Waals surface area (Å²) in [6.07, 6.45) is 2.77. The quantitative estimate of drug-likeness (QED) is 0.766. The lowest BCUT2D eigenvalue weighted by atomic mass is 10.0. The molecule has 2 aliphatic rings. The van der Waals surface area contributed by atoms with Gasteiger partial charge in [-0.15, -0.1) is 0 Å². The maximum absolute atomic E-state index is 13.2. The summed E-state index contributed by atoms with van der Waals surface area (Å²) in [6.45, 7) is 3.43. The molecule has 1 N–H and O–H groups in total. The van der Waals surface area contributed by atoms with E-state index in [4.69, 9.17) is 0 Å². The van der Waals surface area contributed by atoms with E-state index in [0.717, 1.165) is 24.1 Å². The van der Waals surface area contributed by atoms with Gasteiger partial charge in [0.25, 0.3) is 0 Å². The van der Waals surface area contributed by atoms with Crippen LogP contribution in [0.25, 0.3) is 0 Å². The molecule has 0 unspecified atom stereocenters. The highest BCUT2D eigenvalue weighted by Gasteiger charge is 2.41. The Hall–Kier alpha value is -2.45. The molecule has 0 radical (unpaired) electrons. The number of sulfonamides is 1. The van der Waals surface area contributed by atoms with Gasteiger partial charge in [0, 0.05) is 31.4 Å². The van der Waals surface area contributed by atoms with Gasteiger partial charge in [-0.1, -0.05) is 17.7 Å². The van der Waals surface area contributed by atoms with Crippen molar-refractivity contribution < 1.29 is 17.6 Å². The number of carbonyl (C=O) groups is 1. The van der Waals surface area contributed by atoms with Crippen LogP contribution in [-0.4, -0.2) is 55.2 Å². The summed E-state index contributed by atoms with van der Waals surface area (Å²) in [7, 11) is -3.70. The van der Waals surface area contributed by atoms with Crippen molar-refractivity contribution in [2.24, 2.45) is 0 Å². The van der Waals surface area contributed by atoms with E-state index in [1.165, 1.54) is 16.4 Å². The maximum Gasteiger partial charge on any atom is 0.243 e. The Morgan fingerprint density at radius 3 is 2.26 bits per heavy atom. The van der Waals surface area contributed by atoms with Crippen molar-refractivity contribution >= 4 is 21.6 Å². The van der Waals surface area contributed by atoms with Gasteiger partial charge in [0.2, 0.25) is 15.9 Å². The van der Waals surface area contributed by atoms with Gasteiger partial charge in [0.05, 0.1) is 4.90 Å². The van der Waals surface area contributed by atoms with Gasteiger partial charge in [-0.2, -0.15) is 4.31 Å². The second-order valence-electron chi connectivity index (χ2n) is 8.34. The SMILES string of the molecule is Cc1ccc(S(=O)(=O)N2CCC[C@H]2C(=O)N2CCC(Nc3ccc(F)cc3)CC2)cc1. The maximum atomic E-state index is 13.2. The fraction of sp³-hybridized carbons (Fsp3) is 0.435. The third-order valence-corrected chi connectivity index (χ3v) is 8.06. The summed E-state index contributed by atoms with van der Waals surface area (Å²) >= 11 is 0. The van der Waals surface area contributed by atoms with Crippen molar-refractivity contribution in [1.82, 2.24) is 9.21 Å². The van der Waals surface area contributed by atoms with Gasteiger partial charge in [-0.3, -0.25) is 4.79 Å². The highest BCUT2D eigenvalue weighted by molar-refractivity contribution is 7.89. The second-order valence-corrected chi connectivity index (χ2v) is 10.2. The number of carbonyl (C=O) groups excluding carboxylic acids is 1. The highest BCUT2D eigenvalue weighted by atomic mass is 32.2. The Morgan fingerprint density at radius 2 is 1.61 bits per heavy atom. The molecule has 4 rings (SSSR count). The molecule has 2 heterocycles. The molecule has 0 saturated carbocycles. The Balaban J connectivity index is 1.39. The fourth-order valence-corrected chi connectivity index (χ4v) is 6.01. The number of likely N-dealkylation sites (tertiary alicyclic amines) is 1. The molecule has 2 aromatic carbocycles. The number of hydrogen-bond acceptors (Lipinski definition) is 4. The summed E-state index contributed by atoms with van der Waals surface area (Å²) in [5, 5.41) is 3.39. The van der Waals surface area contributed by atoms with Crippen LogP contribution in [0.1, 0.15) is 31.2 Å². The summed E-state index contributed by atoms with van der Waals surface area (Å²) in [4.78, 5) is 15.2. The van der Waals surface area contributed by atoms with Crippen LogP contribution in [0.2, 0.25) is 0 Å². The molecule has 8 heteroatoms. The lowest BCUT2D eigenvalue weighted by Crippen LogP contribution is -2.51. The third-order valence-electron chi connectivity index (χ3n) is 6.14. The lowest BCUT2D eigenvalue weighted by Gasteiger charge is -2.35. The van der Waals surface area contributed by atoms with Crippen LogP contribution < -0.4 is 5.32 Å². The molecule has 0 spiro atoms. The summed E-state index contributed by atoms with van der Waals surface area (Å²) in [6, 6.07) is 12.6. The fourth-order valence-electron chi connectivity index (χ4n) is 4.36. The topological polar surface area (TPSA) is 69.7 Å². The standard InChI is InChI=1S/C23H28FN3O3S/c1-17-4-10-21(11-5-17)31(29,30)27-14-2-3-22(27)23(28)26-15-12-20(13-16-26)25-19-8-6-18(24)7-9-19/h4-11,20,22,25H,2-3,12-16H2,1H3/t22-/m0/s1. The van der Waals surface area contributed by atoms with Crippen LogP contribution in [0.5, 0.6) is 0 Å². The van der Waals surface area contributed by atoms with Crippen LogP contribution in [0.15, 0.2) is 53.4 Å². The molecule has 0 bridgehead atoms. The minimum atomic E-state index is -3.70. The first kappa shape index (κ1) is 21.8. The summed E-state index contributed by atoms with van der Waals surface area (Å²) < 4.78 is 40.7. The molecule has 1 amide bonds. The monoisotopic (exact) mass is 445 g/mol. The number of aryl methyl sites for hydroxylation is 1. The van der Waals surface area contributed by atoms with E-state index in [1.54, 1.807) is 41.3 Å². The number of halogens is 1. The predicted molar refractivity (Wildman–Crippen MR) is 118 cm³/mol. The average Bonchev–Trinajstić information content (AvgIpc) is 3.27. The van der Waals surface area contributed by atoms with Crippen molar-refractivity contribution in [2.75, 3.05) is 25.0 Å². The van der Waals surface area contributed by atoms with Gasteiger partial charge >= 0.3 is 0 Å². The molecule has 2 aliphatic heterocycles. The van der Waals surface area contributed by atoms with Gasteiger partial charge in [0.1, 0.15) is 11.9 Å². The Morgan fingerprint density at radius 1 is 0.968 bits per heavy atom. The first-order valence-corrected chi connectivity index (χ1v) is 12.2. The van der Waals surface area contributed by atoms with Crippen molar-refractivity contribution in [3.63, 3.8) is 0 Å². The van der Waals surface area contributed by atoms with Crippen LogP contribution in [0.3, 0.4) is 0 Å². The predicted octanol–water partition coefficient (Wildman–Crippen LogP) is 3.39. The zero-order valence-electron chi connectivity index (χ0n) is 17.6. The smallest absolute Gasteiger partial charge is 0.243 e. The van der Waals surface area contributed by atoms with Crippen molar-refractivity contribution in [3.8, 4) is 0 Å². The third kappa shape index (κ3) is 4.75. The Bertz CT molecular complexity index is 1020. The van der Waals surface area contributed by atoms with Crippen LogP contribution in [0.4, 0.5) is 10.1 Å². The molecule has 0 aliphatic carbocycles. The number of amides is 1. The molecule has 0 aromatic heterocycles. The van der Waals surface area contributed by atoms with E-state index in [9.17, 15) is 17.6 Å². The number of hydrogen-bond donors (Lipinski definition) is 1. The number of benzene rings is 2. The van der Waals surface area contributed by atoms with Gasteiger partial charge in [-0.25, -0.2) is 12.8 Å². The zero-order valence-corrected chi connectivity index (χ0v) is 18.4. The largest absolute Gasteiger partial charge is 0.382 e. The van der Waals surface area contributed by atoms with Gasteiger partial charge < -0.3 is 10.2 Å². The Labute approximate surface area is 183 Å². The van der Waals surface area contributed by atoms with E-state index in [0.29, 0.717) is 32.5 Å². The van der Waals surface area contributed by atoms with Crippen LogP contribution in [-0.2, 0) is 14.8 Å². The van der Waals surface area contributed by atoms with E-state index in [-0.39, 0.29) is 22.7 Å². The average molecular weight is 446 g/mol. The molecule has 2 saturated heterocycles. The molecule has 166 valence electrons. The van der Waals surface area contributed by atoms with Crippen molar-refractivity contribution in [1.29, 1.82) is 0 Å². The van der Waals surface area contributed by atoms with E-state index in [1.807, 2.05) is 6.92 Å². The normalized spacial score (nSPS) is 20.7.